The number of aromatic nitrogens is 3. The molecule has 6 atom stereocenters. The maximum atomic E-state index is 16.1. The van der Waals surface area contributed by atoms with Crippen molar-refractivity contribution in [3.8, 4) is 11.8 Å². The number of alkyl halides is 2. The molecule has 0 aliphatic carbocycles. The first-order valence-electron chi connectivity index (χ1n) is 10.1. The molecule has 0 aromatic carbocycles. The average molecular weight is 600 g/mol. The van der Waals surface area contributed by atoms with Gasteiger partial charge in [0.05, 0.1) is 9.30 Å². The van der Waals surface area contributed by atoms with Gasteiger partial charge in [0.2, 0.25) is 11.6 Å². The fourth-order valence-electron chi connectivity index (χ4n) is 3.07. The third-order valence-electron chi connectivity index (χ3n) is 4.31. The standard InChI is InChI=1S/C14H16F3N4O13P3/c15-3-1-2-14(17)9(22)7(5-31-36(27,28)34-37(29,30)33-35(24,25)26)32-12(14)21-4-6(16)8-10(21)19-13(18)20-11(8)23/h4,7,9,12,22H,3,5H2,(H,27,28)(H,29,30)(H2,24,25,26)(H3,18,19,20,23)/t7-,9+,12-,14?/m1/s1/i5D2. The van der Waals surface area contributed by atoms with Crippen LogP contribution < -0.4 is 11.3 Å². The summed E-state index contributed by atoms with van der Waals surface area (Å²) in [5, 5.41) is 9.76. The van der Waals surface area contributed by atoms with Gasteiger partial charge in [0, 0.05) is 6.20 Å². The highest BCUT2D eigenvalue weighted by atomic mass is 31.3. The molecule has 1 aliphatic heterocycles. The number of aliphatic hydroxyl groups is 1. The molecule has 23 heteroatoms. The largest absolute Gasteiger partial charge is 0.490 e. The molecule has 3 heterocycles. The van der Waals surface area contributed by atoms with Crippen LogP contribution in [0, 0.1) is 17.7 Å². The second-order valence-electron chi connectivity index (χ2n) is 6.89. The van der Waals surface area contributed by atoms with Gasteiger partial charge in [-0.2, -0.15) is 13.6 Å². The molecule has 1 saturated heterocycles. The molecular weight excluding hydrogens is 582 g/mol. The summed E-state index contributed by atoms with van der Waals surface area (Å²) in [6, 6.07) is 0. The Balaban J connectivity index is 2.05. The van der Waals surface area contributed by atoms with Crippen molar-refractivity contribution < 1.29 is 72.2 Å². The lowest BCUT2D eigenvalue weighted by molar-refractivity contribution is -0.0495. The summed E-state index contributed by atoms with van der Waals surface area (Å²) in [5.41, 5.74) is -0.0357. The minimum Gasteiger partial charge on any atom is -0.386 e. The number of phosphoric ester groups is 1. The molecule has 2 aromatic rings. The van der Waals surface area contributed by atoms with Gasteiger partial charge in [0.25, 0.3) is 5.56 Å². The lowest BCUT2D eigenvalue weighted by Gasteiger charge is -2.24. The van der Waals surface area contributed by atoms with Crippen LogP contribution in [0.25, 0.3) is 11.0 Å². The third-order valence-corrected chi connectivity index (χ3v) is 7.97. The number of nitrogens with one attached hydrogen (secondary N) is 1. The Bertz CT molecular complexity index is 1560. The summed E-state index contributed by atoms with van der Waals surface area (Å²) in [7, 11) is -18.1. The van der Waals surface area contributed by atoms with Gasteiger partial charge in [-0.05, 0) is 0 Å². The van der Waals surface area contributed by atoms with Gasteiger partial charge in [0.15, 0.2) is 17.7 Å². The Kier molecular flexibility index (Phi) is 7.33. The van der Waals surface area contributed by atoms with Crippen LogP contribution in [0.15, 0.2) is 11.0 Å². The number of nitrogen functional groups attached to an aromatic ring is 1. The topological polar surface area (TPSA) is 266 Å². The van der Waals surface area contributed by atoms with Crippen molar-refractivity contribution in [2.24, 2.45) is 0 Å². The van der Waals surface area contributed by atoms with Gasteiger partial charge >= 0.3 is 23.5 Å². The van der Waals surface area contributed by atoms with E-state index in [2.05, 4.69) is 18.1 Å². The Morgan fingerprint density at radius 2 is 1.95 bits per heavy atom. The second kappa shape index (κ2) is 10.2. The first kappa shape index (κ1) is 26.5. The van der Waals surface area contributed by atoms with E-state index < -0.39 is 89.2 Å². The summed E-state index contributed by atoms with van der Waals surface area (Å²) in [6.07, 6.45) is -7.69. The van der Waals surface area contributed by atoms with Crippen LogP contribution >= 0.6 is 23.5 Å². The van der Waals surface area contributed by atoms with Crippen molar-refractivity contribution >= 4 is 40.4 Å². The average Bonchev–Trinajstić information content (AvgIpc) is 3.17. The lowest BCUT2D eigenvalue weighted by atomic mass is 9.96. The Morgan fingerprint density at radius 3 is 2.54 bits per heavy atom. The molecule has 0 saturated carbocycles. The molecule has 2 aromatic heterocycles. The Hall–Kier alpha value is -2.10. The molecule has 0 radical (unpaired) electrons. The Morgan fingerprint density at radius 1 is 1.30 bits per heavy atom. The van der Waals surface area contributed by atoms with Crippen molar-refractivity contribution in [3.63, 3.8) is 0 Å². The highest BCUT2D eigenvalue weighted by molar-refractivity contribution is 7.66. The van der Waals surface area contributed by atoms with E-state index in [9.17, 15) is 42.2 Å². The summed E-state index contributed by atoms with van der Waals surface area (Å²) < 4.78 is 110. The van der Waals surface area contributed by atoms with Gasteiger partial charge in [-0.25, -0.2) is 26.9 Å². The van der Waals surface area contributed by atoms with E-state index in [-0.39, 0.29) is 0 Å². The van der Waals surface area contributed by atoms with E-state index >= 15 is 4.39 Å². The summed E-state index contributed by atoms with van der Waals surface area (Å²) >= 11 is 0. The van der Waals surface area contributed by atoms with Gasteiger partial charge in [0.1, 0.15) is 24.3 Å². The number of rotatable bonds is 8. The zero-order valence-corrected chi connectivity index (χ0v) is 20.1. The fourth-order valence-corrected chi connectivity index (χ4v) is 5.94. The molecule has 17 nitrogen and oxygen atoms in total. The number of fused-ring (bicyclic) bond motifs is 1. The van der Waals surface area contributed by atoms with E-state index in [1.54, 1.807) is 11.8 Å². The normalized spacial score (nSPS) is 28.6. The van der Waals surface area contributed by atoms with Crippen LogP contribution in [0.5, 0.6) is 0 Å². The monoisotopic (exact) mass is 600 g/mol. The van der Waals surface area contributed by atoms with E-state index in [1.807, 2.05) is 4.98 Å². The second-order valence-corrected chi connectivity index (χ2v) is 11.2. The minimum atomic E-state index is -6.21. The fraction of sp³-hybridized carbons (Fsp3) is 0.429. The molecule has 3 unspecified atom stereocenters. The van der Waals surface area contributed by atoms with Gasteiger partial charge in [-0.15, -0.1) is 0 Å². The summed E-state index contributed by atoms with van der Waals surface area (Å²) in [5.74, 6) is 1.27. The van der Waals surface area contributed by atoms with Crippen LogP contribution in [0.1, 0.15) is 8.97 Å². The molecule has 3 rings (SSSR count). The van der Waals surface area contributed by atoms with E-state index in [1.165, 1.54) is 0 Å². The number of anilines is 1. The number of aliphatic hydroxyl groups excluding tert-OH is 1. The maximum absolute atomic E-state index is 16.1. The number of ether oxygens (including phenoxy) is 1. The van der Waals surface area contributed by atoms with Crippen LogP contribution in [-0.2, 0) is 31.6 Å². The summed E-state index contributed by atoms with van der Waals surface area (Å²) in [6.45, 7) is -5.42. The number of hydrogen-bond acceptors (Lipinski definition) is 11. The Labute approximate surface area is 205 Å². The maximum Gasteiger partial charge on any atom is 0.490 e. The van der Waals surface area contributed by atoms with Crippen molar-refractivity contribution in [1.29, 1.82) is 0 Å². The van der Waals surface area contributed by atoms with Crippen molar-refractivity contribution in [2.75, 3.05) is 19.0 Å². The van der Waals surface area contributed by atoms with Crippen LogP contribution in [0.3, 0.4) is 0 Å². The van der Waals surface area contributed by atoms with Gasteiger partial charge in [-0.1, -0.05) is 11.8 Å². The molecule has 8 N–H and O–H groups in total. The molecule has 0 amide bonds. The number of phosphoric acid groups is 3. The molecular formula is C14H16F3N4O13P3. The molecule has 37 heavy (non-hydrogen) atoms. The minimum absolute atomic E-state index is 0.396. The summed E-state index contributed by atoms with van der Waals surface area (Å²) in [4.78, 5) is 53.7. The van der Waals surface area contributed by atoms with Crippen LogP contribution in [0.4, 0.5) is 19.1 Å². The lowest BCUT2D eigenvalue weighted by Crippen LogP contribution is -2.42. The number of aromatic amines is 1. The quantitative estimate of drug-likeness (QED) is 0.152. The van der Waals surface area contributed by atoms with E-state index in [0.717, 1.165) is 0 Å². The third kappa shape index (κ3) is 6.49. The molecule has 0 bridgehead atoms. The highest BCUT2D eigenvalue weighted by Crippen LogP contribution is 2.66. The van der Waals surface area contributed by atoms with Crippen molar-refractivity contribution in [3.05, 3.63) is 22.4 Å². The van der Waals surface area contributed by atoms with Crippen LogP contribution in [0.2, 0.25) is 0 Å². The van der Waals surface area contributed by atoms with Crippen molar-refractivity contribution in [2.45, 2.75) is 24.1 Å². The van der Waals surface area contributed by atoms with Gasteiger partial charge < -0.3 is 35.2 Å². The predicted molar refractivity (Wildman–Crippen MR) is 112 cm³/mol. The smallest absolute Gasteiger partial charge is 0.386 e. The zero-order chi connectivity index (χ0) is 29.8. The van der Waals surface area contributed by atoms with E-state index in [0.29, 0.717) is 10.8 Å². The number of nitrogens with two attached hydrogens (primary N) is 1. The number of H-pyrrole nitrogens is 1. The first-order chi connectivity index (χ1) is 17.6. The molecule has 206 valence electrons. The SMILES string of the molecule is [2H]C([2H])(OP(=O)(O)OP(=O)(O)OP(=O)(O)O)[C@H]1O[C@@H](n2cc(F)c3c(=O)[nH]c(N)nc32)C(F)(C#CCF)[C@H]1O. The van der Waals surface area contributed by atoms with Crippen molar-refractivity contribution in [1.82, 2.24) is 14.5 Å². The molecule has 1 aliphatic rings. The number of halogens is 3. The first-order valence-corrected chi connectivity index (χ1v) is 13.6. The number of hydrogen-bond donors (Lipinski definition) is 7. The molecule has 0 spiro atoms. The van der Waals surface area contributed by atoms with Crippen LogP contribution in [-0.4, -0.2) is 70.3 Å². The zero-order valence-electron chi connectivity index (χ0n) is 19.5. The van der Waals surface area contributed by atoms with Gasteiger partial charge in [-0.3, -0.25) is 18.9 Å². The highest BCUT2D eigenvalue weighted by Gasteiger charge is 2.58. The number of nitrogens with zero attached hydrogens (tertiary/aromatic N) is 2. The predicted octanol–water partition coefficient (Wildman–Crippen LogP) is -0.271. The van der Waals surface area contributed by atoms with E-state index in [4.69, 9.17) is 23.0 Å². The molecule has 1 fully saturated rings.